The van der Waals surface area contributed by atoms with Crippen LogP contribution in [-0.4, -0.2) is 0 Å². The van der Waals surface area contributed by atoms with E-state index in [1.165, 1.54) is 12.8 Å². The number of hydrogen-bond donors (Lipinski definition) is 0. The van der Waals surface area contributed by atoms with Crippen molar-refractivity contribution in [2.75, 3.05) is 0 Å². The third-order valence-corrected chi connectivity index (χ3v) is 0.577. The topological polar surface area (TPSA) is 67.0 Å². The SMILES string of the molecule is CC.CC.CC[CH-]CC.[CH3-].[NH2-].[NH2-].[Pt+4]. The van der Waals surface area contributed by atoms with E-state index in [4.69, 9.17) is 0 Å². The summed E-state index contributed by atoms with van der Waals surface area (Å²) in [5.74, 6) is 0. The Labute approximate surface area is 102 Å². The molecule has 0 aromatic heterocycles. The van der Waals surface area contributed by atoms with Crippen molar-refractivity contribution in [3.05, 3.63) is 26.1 Å². The van der Waals surface area contributed by atoms with Crippen molar-refractivity contribution in [1.29, 1.82) is 0 Å². The van der Waals surface area contributed by atoms with Gasteiger partial charge in [0.2, 0.25) is 0 Å². The molecule has 3 heteroatoms. The largest absolute Gasteiger partial charge is 4.00 e. The van der Waals surface area contributed by atoms with E-state index < -0.39 is 0 Å². The molecule has 0 fully saturated rings. The van der Waals surface area contributed by atoms with Gasteiger partial charge in [-0.2, -0.15) is 12.8 Å². The fourth-order valence-corrected chi connectivity index (χ4v) is 0.289. The second-order valence-corrected chi connectivity index (χ2v) is 1.11. The molecule has 0 aliphatic rings. The van der Waals surface area contributed by atoms with Gasteiger partial charge in [0, 0.05) is 0 Å². The first-order valence-electron chi connectivity index (χ1n) is 4.23. The van der Waals surface area contributed by atoms with Crippen LogP contribution in [0.4, 0.5) is 0 Å². The molecule has 0 amide bonds. The van der Waals surface area contributed by atoms with E-state index in [0.717, 1.165) is 0 Å². The molecule has 0 aromatic rings. The summed E-state index contributed by atoms with van der Waals surface area (Å²) in [5.41, 5.74) is 0. The fourth-order valence-electron chi connectivity index (χ4n) is 0.289. The van der Waals surface area contributed by atoms with Crippen LogP contribution in [-0.2, 0) is 21.1 Å². The molecule has 13 heavy (non-hydrogen) atoms. The summed E-state index contributed by atoms with van der Waals surface area (Å²) in [5, 5.41) is 0. The Morgan fingerprint density at radius 2 is 0.923 bits per heavy atom. The van der Waals surface area contributed by atoms with E-state index in [9.17, 15) is 0 Å². The quantitative estimate of drug-likeness (QED) is 0.537. The monoisotopic (exact) mass is 373 g/mol. The first kappa shape index (κ1) is 49.5. The van der Waals surface area contributed by atoms with Crippen LogP contribution in [0.1, 0.15) is 54.4 Å². The normalized spacial score (nSPS) is 4.15. The van der Waals surface area contributed by atoms with Crippen molar-refractivity contribution >= 4 is 0 Å². The van der Waals surface area contributed by atoms with Crippen molar-refractivity contribution in [2.45, 2.75) is 54.4 Å². The summed E-state index contributed by atoms with van der Waals surface area (Å²) >= 11 is 0. The second-order valence-electron chi connectivity index (χ2n) is 1.11. The van der Waals surface area contributed by atoms with E-state index in [0.29, 0.717) is 0 Å². The Balaban J connectivity index is -0.00000000818. The molecule has 0 aromatic carbocycles. The maximum Gasteiger partial charge on any atom is 4.00 e. The van der Waals surface area contributed by atoms with Gasteiger partial charge in [0.25, 0.3) is 0 Å². The molecule has 0 radical (unpaired) electrons. The van der Waals surface area contributed by atoms with E-state index >= 15 is 0 Å². The molecule has 0 saturated heterocycles. The zero-order chi connectivity index (χ0) is 8.12. The van der Waals surface area contributed by atoms with Crippen molar-refractivity contribution in [3.63, 3.8) is 0 Å². The van der Waals surface area contributed by atoms with Crippen LogP contribution in [0.5, 0.6) is 0 Å². The molecule has 4 N–H and O–H groups in total. The van der Waals surface area contributed by atoms with Gasteiger partial charge in [-0.1, -0.05) is 41.5 Å². The van der Waals surface area contributed by atoms with Gasteiger partial charge in [0.15, 0.2) is 0 Å². The molecule has 0 bridgehead atoms. The Morgan fingerprint density at radius 1 is 0.769 bits per heavy atom. The van der Waals surface area contributed by atoms with Crippen LogP contribution in [0.15, 0.2) is 0 Å². The molecule has 0 atom stereocenters. The summed E-state index contributed by atoms with van der Waals surface area (Å²) < 4.78 is 0. The molecular formula is C10H30N2Pt. The summed E-state index contributed by atoms with van der Waals surface area (Å²) in [6.07, 6.45) is 4.69. The average molecular weight is 373 g/mol. The summed E-state index contributed by atoms with van der Waals surface area (Å²) in [4.78, 5) is 0. The van der Waals surface area contributed by atoms with E-state index in [-0.39, 0.29) is 40.8 Å². The minimum atomic E-state index is 0. The minimum Gasteiger partial charge on any atom is -0.693 e. The van der Waals surface area contributed by atoms with Crippen LogP contribution in [0.2, 0.25) is 0 Å². The molecule has 0 heterocycles. The van der Waals surface area contributed by atoms with Crippen LogP contribution in [0.3, 0.4) is 0 Å². The summed E-state index contributed by atoms with van der Waals surface area (Å²) in [7, 11) is 0. The average Bonchev–Trinajstić information content (AvgIpc) is 1.98. The van der Waals surface area contributed by atoms with Gasteiger partial charge < -0.3 is 26.1 Å². The van der Waals surface area contributed by atoms with Gasteiger partial charge in [-0.25, -0.2) is 0 Å². The van der Waals surface area contributed by atoms with Crippen molar-refractivity contribution < 1.29 is 21.1 Å². The fraction of sp³-hybridized carbons (Fsp3) is 0.800. The van der Waals surface area contributed by atoms with Crippen molar-refractivity contribution in [2.24, 2.45) is 0 Å². The predicted octanol–water partition coefficient (Wildman–Crippen LogP) is 5.95. The predicted molar refractivity (Wildman–Crippen MR) is 64.6 cm³/mol. The third-order valence-electron chi connectivity index (χ3n) is 0.577. The maximum absolute atomic E-state index is 2.25. The molecule has 0 spiro atoms. The zero-order valence-electron chi connectivity index (χ0n) is 10.5. The van der Waals surface area contributed by atoms with Crippen LogP contribution in [0, 0.1) is 13.8 Å². The standard InChI is InChI=1S/C5H11.2C2H6.CH3.2H2N.Pt/c1-3-5-4-2;2*1-2;;;;/h5H,3-4H2,1-2H3;2*1-2H3;1H3;2*1H2;/q-1;;;3*-1;+4. The molecule has 0 saturated carbocycles. The van der Waals surface area contributed by atoms with Gasteiger partial charge in [-0.05, 0) is 0 Å². The Bertz CT molecular complexity index is 20.4. The van der Waals surface area contributed by atoms with E-state index in [1.807, 2.05) is 27.7 Å². The van der Waals surface area contributed by atoms with Gasteiger partial charge in [-0.3, -0.25) is 0 Å². The maximum atomic E-state index is 2.25. The zero-order valence-corrected chi connectivity index (χ0v) is 12.7. The molecular weight excluding hydrogens is 343 g/mol. The van der Waals surface area contributed by atoms with Crippen LogP contribution < -0.4 is 0 Å². The number of rotatable bonds is 2. The van der Waals surface area contributed by atoms with Gasteiger partial charge in [-0.15, -0.1) is 0 Å². The summed E-state index contributed by atoms with van der Waals surface area (Å²) in [6, 6.07) is 0. The Morgan fingerprint density at radius 3 is 0.923 bits per heavy atom. The molecule has 0 rings (SSSR count). The first-order chi connectivity index (χ1) is 4.41. The smallest absolute Gasteiger partial charge is 0.693 e. The molecule has 0 aliphatic heterocycles. The first-order valence-corrected chi connectivity index (χ1v) is 4.23. The van der Waals surface area contributed by atoms with Crippen LogP contribution in [0.25, 0.3) is 12.3 Å². The van der Waals surface area contributed by atoms with Gasteiger partial charge >= 0.3 is 21.1 Å². The molecule has 90 valence electrons. The van der Waals surface area contributed by atoms with Crippen LogP contribution >= 0.6 is 0 Å². The van der Waals surface area contributed by atoms with E-state index in [1.54, 1.807) is 0 Å². The third kappa shape index (κ3) is 209. The number of unbranched alkanes of at least 4 members (excludes halogenated alkanes) is 2. The second kappa shape index (κ2) is 130. The van der Waals surface area contributed by atoms with E-state index in [2.05, 4.69) is 20.3 Å². The number of nitrogens with two attached hydrogens (primary N) is 2. The Kier molecular flexibility index (Phi) is 497. The van der Waals surface area contributed by atoms with Crippen molar-refractivity contribution in [1.82, 2.24) is 0 Å². The van der Waals surface area contributed by atoms with Crippen molar-refractivity contribution in [3.8, 4) is 0 Å². The molecule has 0 unspecified atom stereocenters. The Hall–Kier alpha value is 0.608. The molecule has 0 aliphatic carbocycles. The minimum absolute atomic E-state index is 0. The number of hydrogen-bond acceptors (Lipinski definition) is 0. The van der Waals surface area contributed by atoms with Gasteiger partial charge in [0.05, 0.1) is 0 Å². The molecule has 2 nitrogen and oxygen atoms in total. The summed E-state index contributed by atoms with van der Waals surface area (Å²) in [6.45, 7) is 12.3. The van der Waals surface area contributed by atoms with Gasteiger partial charge in [0.1, 0.15) is 0 Å².